The van der Waals surface area contributed by atoms with E-state index in [1.165, 1.54) is 23.3 Å². The molecule has 0 aliphatic heterocycles. The predicted molar refractivity (Wildman–Crippen MR) is 112 cm³/mol. The van der Waals surface area contributed by atoms with E-state index in [1.807, 2.05) is 40.1 Å². The van der Waals surface area contributed by atoms with Gasteiger partial charge >= 0.3 is 0 Å². The fourth-order valence-corrected chi connectivity index (χ4v) is 4.08. The third-order valence-electron chi connectivity index (χ3n) is 6.07. The quantitative estimate of drug-likeness (QED) is 0.741. The summed E-state index contributed by atoms with van der Waals surface area (Å²) in [4.78, 5) is 24.1. The van der Waals surface area contributed by atoms with Gasteiger partial charge in [-0.05, 0) is 58.0 Å². The van der Waals surface area contributed by atoms with Crippen LogP contribution < -0.4 is 5.32 Å². The smallest absolute Gasteiger partial charge is 0.253 e. The van der Waals surface area contributed by atoms with Gasteiger partial charge in [-0.1, -0.05) is 24.3 Å². The van der Waals surface area contributed by atoms with E-state index in [-0.39, 0.29) is 17.0 Å². The molecule has 1 aliphatic rings. The van der Waals surface area contributed by atoms with Crippen LogP contribution in [0.2, 0.25) is 0 Å². The summed E-state index contributed by atoms with van der Waals surface area (Å²) in [7, 11) is 4.07. The highest BCUT2D eigenvalue weighted by atomic mass is 19.1. The SMILES string of the molecule is Cc1nc2cc(F)cc(C(=O)NCC3(N(C)C)Cc4ccccc4C3)c2nc1C. The minimum absolute atomic E-state index is 0.208. The number of aryl methyl sites for hydroxylation is 2. The zero-order chi connectivity index (χ0) is 20.8. The van der Waals surface area contributed by atoms with Crippen LogP contribution in [0.1, 0.15) is 32.9 Å². The Bertz CT molecular complexity index is 1080. The number of hydrogen-bond donors (Lipinski definition) is 1. The van der Waals surface area contributed by atoms with Crippen molar-refractivity contribution in [2.45, 2.75) is 32.2 Å². The fourth-order valence-electron chi connectivity index (χ4n) is 4.08. The van der Waals surface area contributed by atoms with Crippen molar-refractivity contribution in [3.8, 4) is 0 Å². The van der Waals surface area contributed by atoms with E-state index in [0.717, 1.165) is 24.2 Å². The normalized spacial score (nSPS) is 15.0. The van der Waals surface area contributed by atoms with Gasteiger partial charge in [0, 0.05) is 18.2 Å². The minimum Gasteiger partial charge on any atom is -0.350 e. The Morgan fingerprint density at radius 3 is 2.34 bits per heavy atom. The van der Waals surface area contributed by atoms with E-state index in [0.29, 0.717) is 17.6 Å². The number of hydrogen-bond acceptors (Lipinski definition) is 4. The number of carbonyl (C=O) groups is 1. The molecule has 3 aromatic rings. The van der Waals surface area contributed by atoms with Crippen LogP contribution in [-0.2, 0) is 12.8 Å². The lowest BCUT2D eigenvalue weighted by molar-refractivity contribution is 0.0904. The third-order valence-corrected chi connectivity index (χ3v) is 6.07. The molecule has 0 bridgehead atoms. The van der Waals surface area contributed by atoms with Crippen LogP contribution in [0.4, 0.5) is 4.39 Å². The molecule has 0 unspecified atom stereocenters. The van der Waals surface area contributed by atoms with Crippen molar-refractivity contribution in [2.24, 2.45) is 0 Å². The molecule has 1 N–H and O–H groups in total. The number of benzene rings is 2. The first-order valence-corrected chi connectivity index (χ1v) is 9.76. The predicted octanol–water partition coefficient (Wildman–Crippen LogP) is 3.21. The van der Waals surface area contributed by atoms with Crippen LogP contribution >= 0.6 is 0 Å². The standard InChI is InChI=1S/C23H25FN4O/c1-14-15(2)27-21-19(9-18(24)10-20(21)26-14)22(29)25-13-23(28(3)4)11-16-7-5-6-8-17(16)12-23/h5-10H,11-13H2,1-4H3,(H,25,29). The van der Waals surface area contributed by atoms with Crippen LogP contribution in [0.5, 0.6) is 0 Å². The average Bonchev–Trinajstić information content (AvgIpc) is 3.07. The highest BCUT2D eigenvalue weighted by molar-refractivity contribution is 6.04. The van der Waals surface area contributed by atoms with Gasteiger partial charge in [0.25, 0.3) is 5.91 Å². The van der Waals surface area contributed by atoms with Crippen molar-refractivity contribution in [2.75, 3.05) is 20.6 Å². The summed E-state index contributed by atoms with van der Waals surface area (Å²) in [6.45, 7) is 4.12. The summed E-state index contributed by atoms with van der Waals surface area (Å²) < 4.78 is 14.2. The molecule has 29 heavy (non-hydrogen) atoms. The Labute approximate surface area is 170 Å². The molecule has 1 aliphatic carbocycles. The van der Waals surface area contributed by atoms with Crippen molar-refractivity contribution in [3.63, 3.8) is 0 Å². The van der Waals surface area contributed by atoms with Crippen molar-refractivity contribution in [3.05, 3.63) is 70.3 Å². The average molecular weight is 392 g/mol. The lowest BCUT2D eigenvalue weighted by Gasteiger charge is -2.36. The summed E-state index contributed by atoms with van der Waals surface area (Å²) in [5.74, 6) is -0.819. The van der Waals surface area contributed by atoms with Crippen LogP contribution in [0.25, 0.3) is 11.0 Å². The highest BCUT2D eigenvalue weighted by Crippen LogP contribution is 2.33. The van der Waals surface area contributed by atoms with Gasteiger partial charge in [-0.25, -0.2) is 14.4 Å². The van der Waals surface area contributed by atoms with Gasteiger partial charge in [0.15, 0.2) is 0 Å². The molecule has 0 fully saturated rings. The number of amides is 1. The summed E-state index contributed by atoms with van der Waals surface area (Å²) in [6, 6.07) is 10.9. The van der Waals surface area contributed by atoms with Gasteiger partial charge < -0.3 is 10.2 Å². The van der Waals surface area contributed by atoms with Crippen LogP contribution in [0.15, 0.2) is 36.4 Å². The highest BCUT2D eigenvalue weighted by Gasteiger charge is 2.39. The van der Waals surface area contributed by atoms with Gasteiger partial charge in [0.05, 0.1) is 22.5 Å². The van der Waals surface area contributed by atoms with Crippen LogP contribution in [0.3, 0.4) is 0 Å². The molecule has 0 saturated carbocycles. The second kappa shape index (κ2) is 7.19. The largest absolute Gasteiger partial charge is 0.350 e. The molecule has 0 atom stereocenters. The molecule has 5 nitrogen and oxygen atoms in total. The maximum atomic E-state index is 14.2. The minimum atomic E-state index is -0.490. The maximum Gasteiger partial charge on any atom is 0.253 e. The number of carbonyl (C=O) groups excluding carboxylic acids is 1. The van der Waals surface area contributed by atoms with E-state index in [1.54, 1.807) is 0 Å². The number of fused-ring (bicyclic) bond motifs is 2. The fraction of sp³-hybridized carbons (Fsp3) is 0.348. The van der Waals surface area contributed by atoms with E-state index in [2.05, 4.69) is 32.3 Å². The molecule has 0 saturated heterocycles. The summed E-state index contributed by atoms with van der Waals surface area (Å²) in [5.41, 5.74) is 4.92. The van der Waals surface area contributed by atoms with Gasteiger partial charge in [-0.2, -0.15) is 0 Å². The van der Waals surface area contributed by atoms with Gasteiger partial charge in [-0.3, -0.25) is 4.79 Å². The van der Waals surface area contributed by atoms with Crippen molar-refractivity contribution in [1.29, 1.82) is 0 Å². The van der Waals surface area contributed by atoms with E-state index >= 15 is 0 Å². The molecule has 4 rings (SSSR count). The number of nitrogens with zero attached hydrogens (tertiary/aromatic N) is 3. The molecule has 6 heteroatoms. The Hall–Kier alpha value is -2.86. The summed E-state index contributed by atoms with van der Waals surface area (Å²) in [5, 5.41) is 3.04. The first-order valence-electron chi connectivity index (χ1n) is 9.76. The Morgan fingerprint density at radius 1 is 1.10 bits per heavy atom. The zero-order valence-electron chi connectivity index (χ0n) is 17.2. The number of nitrogens with one attached hydrogen (secondary N) is 1. The van der Waals surface area contributed by atoms with Gasteiger partial charge in [-0.15, -0.1) is 0 Å². The summed E-state index contributed by atoms with van der Waals surface area (Å²) >= 11 is 0. The molecular formula is C23H25FN4O. The Balaban J connectivity index is 1.62. The Kier molecular flexibility index (Phi) is 4.82. The molecular weight excluding hydrogens is 367 g/mol. The van der Waals surface area contributed by atoms with Crippen LogP contribution in [-0.4, -0.2) is 47.0 Å². The van der Waals surface area contributed by atoms with E-state index in [4.69, 9.17) is 0 Å². The van der Waals surface area contributed by atoms with Crippen molar-refractivity contribution >= 4 is 16.9 Å². The molecule has 1 aromatic heterocycles. The van der Waals surface area contributed by atoms with Gasteiger partial charge in [0.2, 0.25) is 0 Å². The van der Waals surface area contributed by atoms with Gasteiger partial charge in [0.1, 0.15) is 11.3 Å². The molecule has 0 radical (unpaired) electrons. The summed E-state index contributed by atoms with van der Waals surface area (Å²) in [6.07, 6.45) is 1.72. The number of aromatic nitrogens is 2. The monoisotopic (exact) mass is 392 g/mol. The van der Waals surface area contributed by atoms with Crippen molar-refractivity contribution in [1.82, 2.24) is 20.2 Å². The lowest BCUT2D eigenvalue weighted by atomic mass is 9.93. The van der Waals surface area contributed by atoms with Crippen LogP contribution in [0, 0.1) is 19.7 Å². The zero-order valence-corrected chi connectivity index (χ0v) is 17.2. The molecule has 150 valence electrons. The third kappa shape index (κ3) is 3.49. The Morgan fingerprint density at radius 2 is 1.72 bits per heavy atom. The lowest BCUT2D eigenvalue weighted by Crippen LogP contribution is -2.53. The topological polar surface area (TPSA) is 58.1 Å². The molecule has 1 heterocycles. The number of likely N-dealkylation sites (N-methyl/N-ethyl adjacent to an activating group) is 1. The van der Waals surface area contributed by atoms with E-state index in [9.17, 15) is 9.18 Å². The maximum absolute atomic E-state index is 14.2. The molecule has 2 aromatic carbocycles. The second-order valence-corrected chi connectivity index (χ2v) is 8.14. The first-order chi connectivity index (χ1) is 13.8. The number of halogens is 1. The second-order valence-electron chi connectivity index (χ2n) is 8.14. The number of rotatable bonds is 4. The van der Waals surface area contributed by atoms with E-state index < -0.39 is 5.82 Å². The molecule has 1 amide bonds. The van der Waals surface area contributed by atoms with Crippen molar-refractivity contribution < 1.29 is 9.18 Å². The molecule has 0 spiro atoms. The first kappa shape index (κ1) is 19.5.